The van der Waals surface area contributed by atoms with E-state index in [1.54, 1.807) is 4.68 Å². The number of rotatable bonds is 4. The topological polar surface area (TPSA) is 73.6 Å². The van der Waals surface area contributed by atoms with Gasteiger partial charge in [0.05, 0.1) is 24.9 Å². The van der Waals surface area contributed by atoms with E-state index < -0.39 is 5.97 Å². The fourth-order valence-corrected chi connectivity index (χ4v) is 2.99. The van der Waals surface area contributed by atoms with E-state index in [2.05, 4.69) is 5.10 Å². The molecule has 2 aliphatic rings. The molecule has 1 aromatic rings. The second-order valence-electron chi connectivity index (χ2n) is 5.50. The first-order chi connectivity index (χ1) is 9.75. The molecule has 2 heterocycles. The lowest BCUT2D eigenvalue weighted by molar-refractivity contribution is 0.0667. The minimum Gasteiger partial charge on any atom is -0.486 e. The summed E-state index contributed by atoms with van der Waals surface area (Å²) in [5.74, 6) is -0.587. The van der Waals surface area contributed by atoms with Crippen LogP contribution in [0.4, 0.5) is 0 Å². The third kappa shape index (κ3) is 2.65. The predicted molar refractivity (Wildman–Crippen MR) is 71.2 cm³/mol. The first-order valence-corrected chi connectivity index (χ1v) is 7.31. The largest absolute Gasteiger partial charge is 0.486 e. The minimum atomic E-state index is -0.986. The molecule has 1 aliphatic heterocycles. The molecule has 0 bridgehead atoms. The minimum absolute atomic E-state index is 0.00445. The summed E-state index contributed by atoms with van der Waals surface area (Å²) in [5, 5.41) is 13.7. The quantitative estimate of drug-likeness (QED) is 0.915. The SMILES string of the molecule is O=C(O)c1c(OC2CCCCC2)cnn1C1CCOC1. The van der Waals surface area contributed by atoms with Gasteiger partial charge in [-0.1, -0.05) is 6.42 Å². The molecule has 2 fully saturated rings. The highest BCUT2D eigenvalue weighted by Gasteiger charge is 2.28. The van der Waals surface area contributed by atoms with E-state index in [1.165, 1.54) is 12.6 Å². The van der Waals surface area contributed by atoms with Crippen LogP contribution in [0.1, 0.15) is 55.1 Å². The highest BCUT2D eigenvalue weighted by molar-refractivity contribution is 5.88. The number of hydrogen-bond acceptors (Lipinski definition) is 4. The van der Waals surface area contributed by atoms with Crippen LogP contribution in [0.25, 0.3) is 0 Å². The van der Waals surface area contributed by atoms with E-state index in [4.69, 9.17) is 9.47 Å². The van der Waals surface area contributed by atoms with Crippen LogP contribution in [0.2, 0.25) is 0 Å². The van der Waals surface area contributed by atoms with Crippen LogP contribution in [0.3, 0.4) is 0 Å². The van der Waals surface area contributed by atoms with Crippen LogP contribution in [-0.4, -0.2) is 40.2 Å². The Morgan fingerprint density at radius 3 is 2.80 bits per heavy atom. The maximum absolute atomic E-state index is 11.5. The molecule has 1 saturated heterocycles. The molecule has 6 nitrogen and oxygen atoms in total. The second kappa shape index (κ2) is 5.83. The molecule has 110 valence electrons. The lowest BCUT2D eigenvalue weighted by Gasteiger charge is -2.22. The Morgan fingerprint density at radius 1 is 1.35 bits per heavy atom. The van der Waals surface area contributed by atoms with Gasteiger partial charge in [-0.3, -0.25) is 0 Å². The van der Waals surface area contributed by atoms with Gasteiger partial charge in [0.15, 0.2) is 11.4 Å². The first kappa shape index (κ1) is 13.4. The molecule has 1 unspecified atom stereocenters. The van der Waals surface area contributed by atoms with Crippen LogP contribution in [0.5, 0.6) is 5.75 Å². The van der Waals surface area contributed by atoms with Crippen LogP contribution in [-0.2, 0) is 4.74 Å². The van der Waals surface area contributed by atoms with E-state index in [0.29, 0.717) is 19.0 Å². The molecule has 20 heavy (non-hydrogen) atoms. The van der Waals surface area contributed by atoms with E-state index in [1.807, 2.05) is 0 Å². The number of aromatic carboxylic acids is 1. The molecule has 1 aromatic heterocycles. The zero-order valence-electron chi connectivity index (χ0n) is 11.5. The summed E-state index contributed by atoms with van der Waals surface area (Å²) in [4.78, 5) is 11.5. The molecule has 0 spiro atoms. The van der Waals surface area contributed by atoms with Gasteiger partial charge < -0.3 is 14.6 Å². The zero-order chi connectivity index (χ0) is 13.9. The Balaban J connectivity index is 1.80. The standard InChI is InChI=1S/C14H20N2O4/c17-14(18)13-12(20-11-4-2-1-3-5-11)8-15-16(13)10-6-7-19-9-10/h8,10-11H,1-7,9H2,(H,17,18). The number of nitrogens with zero attached hydrogens (tertiary/aromatic N) is 2. The third-order valence-corrected chi connectivity index (χ3v) is 4.06. The molecule has 0 aromatic carbocycles. The molecule has 1 atom stereocenters. The van der Waals surface area contributed by atoms with Crippen molar-refractivity contribution in [3.63, 3.8) is 0 Å². The molecular weight excluding hydrogens is 260 g/mol. The maximum Gasteiger partial charge on any atom is 0.358 e. The number of carboxylic acid groups (broad SMARTS) is 1. The van der Waals surface area contributed by atoms with Crippen molar-refractivity contribution in [2.75, 3.05) is 13.2 Å². The Hall–Kier alpha value is -1.56. The van der Waals surface area contributed by atoms with E-state index in [-0.39, 0.29) is 17.8 Å². The summed E-state index contributed by atoms with van der Waals surface area (Å²) in [5.41, 5.74) is 0.158. The molecule has 1 N–H and O–H groups in total. The first-order valence-electron chi connectivity index (χ1n) is 7.31. The van der Waals surface area contributed by atoms with Gasteiger partial charge in [-0.2, -0.15) is 5.10 Å². The smallest absolute Gasteiger partial charge is 0.358 e. The van der Waals surface area contributed by atoms with Crippen molar-refractivity contribution in [2.24, 2.45) is 0 Å². The maximum atomic E-state index is 11.5. The Kier molecular flexibility index (Phi) is 3.91. The summed E-state index contributed by atoms with van der Waals surface area (Å²) in [6, 6.07) is 0.00445. The van der Waals surface area contributed by atoms with Crippen molar-refractivity contribution in [3.8, 4) is 5.75 Å². The van der Waals surface area contributed by atoms with Crippen molar-refractivity contribution in [1.29, 1.82) is 0 Å². The van der Waals surface area contributed by atoms with Gasteiger partial charge in [0.2, 0.25) is 0 Å². The Morgan fingerprint density at radius 2 is 2.15 bits per heavy atom. The number of ether oxygens (including phenoxy) is 2. The van der Waals surface area contributed by atoms with E-state index in [0.717, 1.165) is 32.1 Å². The summed E-state index contributed by atoms with van der Waals surface area (Å²) in [6.45, 7) is 1.17. The van der Waals surface area contributed by atoms with Gasteiger partial charge >= 0.3 is 5.97 Å². The molecule has 0 radical (unpaired) electrons. The Bertz CT molecular complexity index is 474. The lowest BCUT2D eigenvalue weighted by atomic mass is 9.98. The molecule has 1 aliphatic carbocycles. The van der Waals surface area contributed by atoms with Gasteiger partial charge in [0.1, 0.15) is 0 Å². The zero-order valence-corrected chi connectivity index (χ0v) is 11.5. The second-order valence-corrected chi connectivity index (χ2v) is 5.50. The van der Waals surface area contributed by atoms with E-state index >= 15 is 0 Å². The number of aromatic nitrogens is 2. The van der Waals surface area contributed by atoms with Crippen molar-refractivity contribution in [3.05, 3.63) is 11.9 Å². The van der Waals surface area contributed by atoms with Gasteiger partial charge in [0.25, 0.3) is 0 Å². The molecular formula is C14H20N2O4. The summed E-state index contributed by atoms with van der Waals surface area (Å²) < 4.78 is 12.7. The van der Waals surface area contributed by atoms with Crippen molar-refractivity contribution in [2.45, 2.75) is 50.7 Å². The van der Waals surface area contributed by atoms with E-state index in [9.17, 15) is 9.90 Å². The van der Waals surface area contributed by atoms with Gasteiger partial charge in [-0.05, 0) is 32.1 Å². The third-order valence-electron chi connectivity index (χ3n) is 4.06. The van der Waals surface area contributed by atoms with Crippen LogP contribution < -0.4 is 4.74 Å². The molecule has 3 rings (SSSR count). The van der Waals surface area contributed by atoms with Crippen molar-refractivity contribution in [1.82, 2.24) is 9.78 Å². The molecule has 0 amide bonds. The molecule has 1 saturated carbocycles. The van der Waals surface area contributed by atoms with Crippen molar-refractivity contribution < 1.29 is 19.4 Å². The van der Waals surface area contributed by atoms with Crippen LogP contribution >= 0.6 is 0 Å². The number of carboxylic acids is 1. The summed E-state index contributed by atoms with van der Waals surface area (Å²) in [6.07, 6.45) is 7.99. The van der Waals surface area contributed by atoms with Crippen molar-refractivity contribution >= 4 is 5.97 Å². The summed E-state index contributed by atoms with van der Waals surface area (Å²) in [7, 11) is 0. The fraction of sp³-hybridized carbons (Fsp3) is 0.714. The molecule has 6 heteroatoms. The average Bonchev–Trinajstić information content (AvgIpc) is 3.08. The van der Waals surface area contributed by atoms with Crippen LogP contribution in [0, 0.1) is 0 Å². The van der Waals surface area contributed by atoms with Gasteiger partial charge in [-0.25, -0.2) is 9.48 Å². The summed E-state index contributed by atoms with van der Waals surface area (Å²) >= 11 is 0. The highest BCUT2D eigenvalue weighted by Crippen LogP contribution is 2.29. The predicted octanol–water partition coefficient (Wildman–Crippen LogP) is 2.25. The average molecular weight is 280 g/mol. The normalized spacial score (nSPS) is 23.9. The Labute approximate surface area is 117 Å². The van der Waals surface area contributed by atoms with Gasteiger partial charge in [0, 0.05) is 6.61 Å². The van der Waals surface area contributed by atoms with Crippen LogP contribution in [0.15, 0.2) is 6.20 Å². The fourth-order valence-electron chi connectivity index (χ4n) is 2.99. The monoisotopic (exact) mass is 280 g/mol. The number of carbonyl (C=O) groups is 1. The lowest BCUT2D eigenvalue weighted by Crippen LogP contribution is -2.22. The van der Waals surface area contributed by atoms with Gasteiger partial charge in [-0.15, -0.1) is 0 Å². The highest BCUT2D eigenvalue weighted by atomic mass is 16.5. The number of hydrogen-bond donors (Lipinski definition) is 1.